The Balaban J connectivity index is 1.71. The van der Waals surface area contributed by atoms with Crippen LogP contribution in [0.4, 0.5) is 5.69 Å². The number of phenolic OH excluding ortho intramolecular Hbond substituents is 1. The van der Waals surface area contributed by atoms with Gasteiger partial charge in [-0.1, -0.05) is 54.8 Å². The van der Waals surface area contributed by atoms with Gasteiger partial charge < -0.3 is 14.7 Å². The third-order valence-electron chi connectivity index (χ3n) is 5.87. The summed E-state index contributed by atoms with van der Waals surface area (Å²) in [5, 5.41) is 11.4. The van der Waals surface area contributed by atoms with Gasteiger partial charge in [0.25, 0.3) is 0 Å². The summed E-state index contributed by atoms with van der Waals surface area (Å²) in [7, 11) is 1.67. The number of aliphatic imine (C=N–C) groups is 1. The van der Waals surface area contributed by atoms with E-state index in [-0.39, 0.29) is 5.75 Å². The van der Waals surface area contributed by atoms with Gasteiger partial charge in [0.05, 0.1) is 12.8 Å². The van der Waals surface area contributed by atoms with Gasteiger partial charge in [-0.25, -0.2) is 4.99 Å². The fourth-order valence-electron chi connectivity index (χ4n) is 4.06. The molecule has 1 N–H and O–H groups in total. The molecule has 0 aliphatic heterocycles. The number of nitrogens with zero attached hydrogens (tertiary/aromatic N) is 2. The maximum atomic E-state index is 9.74. The predicted molar refractivity (Wildman–Crippen MR) is 138 cm³/mol. The second-order valence-corrected chi connectivity index (χ2v) is 9.71. The first-order valence-corrected chi connectivity index (χ1v) is 12.5. The molecule has 4 nitrogen and oxygen atoms in total. The number of thioether (sulfide) groups is 1. The predicted octanol–water partition coefficient (Wildman–Crippen LogP) is 7.67. The van der Waals surface area contributed by atoms with E-state index in [2.05, 4.69) is 4.90 Å². The Morgan fingerprint density at radius 3 is 2.27 bits per heavy atom. The third kappa shape index (κ3) is 6.68. The van der Waals surface area contributed by atoms with E-state index in [4.69, 9.17) is 21.3 Å². The van der Waals surface area contributed by atoms with E-state index in [1.165, 1.54) is 19.3 Å². The second-order valence-electron chi connectivity index (χ2n) is 8.23. The highest BCUT2D eigenvalue weighted by Gasteiger charge is 2.25. The fourth-order valence-corrected chi connectivity index (χ4v) is 5.16. The van der Waals surface area contributed by atoms with Crippen molar-refractivity contribution in [3.8, 4) is 11.5 Å². The average Bonchev–Trinajstić information content (AvgIpc) is 2.85. The first kappa shape index (κ1) is 23.5. The van der Waals surface area contributed by atoms with Crippen molar-refractivity contribution >= 4 is 34.2 Å². The van der Waals surface area contributed by atoms with Crippen molar-refractivity contribution in [3.63, 3.8) is 0 Å². The van der Waals surface area contributed by atoms with E-state index >= 15 is 0 Å². The summed E-state index contributed by atoms with van der Waals surface area (Å²) in [6.45, 7) is 0.737. The molecule has 1 aliphatic carbocycles. The minimum absolute atomic E-state index is 0.283. The number of halogens is 1. The summed E-state index contributed by atoms with van der Waals surface area (Å²) < 4.78 is 5.32. The molecule has 0 unspecified atom stereocenters. The van der Waals surface area contributed by atoms with Crippen LogP contribution >= 0.6 is 23.4 Å². The Labute approximate surface area is 205 Å². The van der Waals surface area contributed by atoms with E-state index < -0.39 is 0 Å². The summed E-state index contributed by atoms with van der Waals surface area (Å²) >= 11 is 7.79. The van der Waals surface area contributed by atoms with Crippen LogP contribution in [0.15, 0.2) is 82.7 Å². The van der Waals surface area contributed by atoms with Crippen LogP contribution in [0.25, 0.3) is 0 Å². The molecule has 0 saturated heterocycles. The number of ether oxygens (including phenoxy) is 1. The number of rotatable bonds is 6. The van der Waals surface area contributed by atoms with Gasteiger partial charge in [-0.3, -0.25) is 0 Å². The minimum atomic E-state index is 0.283. The molecule has 4 rings (SSSR count). The lowest BCUT2D eigenvalue weighted by molar-refractivity contribution is 0.241. The zero-order chi connectivity index (χ0) is 23.0. The van der Waals surface area contributed by atoms with Gasteiger partial charge in [-0.2, -0.15) is 0 Å². The Kier molecular flexibility index (Phi) is 8.19. The van der Waals surface area contributed by atoms with Crippen LogP contribution in [0.2, 0.25) is 5.02 Å². The summed E-state index contributed by atoms with van der Waals surface area (Å²) in [5.41, 5.74) is 2.04. The normalized spacial score (nSPS) is 14.8. The van der Waals surface area contributed by atoms with Gasteiger partial charge >= 0.3 is 0 Å². The van der Waals surface area contributed by atoms with Gasteiger partial charge in [-0.15, -0.1) is 0 Å². The number of hydrogen-bond donors (Lipinski definition) is 1. The summed E-state index contributed by atoms with van der Waals surface area (Å²) in [4.78, 5) is 8.64. The maximum Gasteiger partial charge on any atom is 0.169 e. The van der Waals surface area contributed by atoms with Crippen molar-refractivity contribution < 1.29 is 9.84 Å². The van der Waals surface area contributed by atoms with E-state index in [0.717, 1.165) is 51.5 Å². The summed E-state index contributed by atoms with van der Waals surface area (Å²) in [6.07, 6.45) is 6.07. The molecule has 0 spiro atoms. The highest BCUT2D eigenvalue weighted by Crippen LogP contribution is 2.32. The van der Waals surface area contributed by atoms with E-state index in [9.17, 15) is 5.11 Å². The Morgan fingerprint density at radius 1 is 0.970 bits per heavy atom. The van der Waals surface area contributed by atoms with E-state index in [1.54, 1.807) is 31.0 Å². The standard InChI is InChI=1S/C27H29ClN2O2S/c1-32-25-15-11-22(12-16-25)29-27(33-26-17-9-21(28)10-18-26)30(23-5-3-2-4-6-23)19-20-7-13-24(31)14-8-20/h7-18,23,31H,2-6,19H2,1H3. The van der Waals surface area contributed by atoms with Crippen LogP contribution in [0.5, 0.6) is 11.5 Å². The number of aromatic hydroxyl groups is 1. The molecular weight excluding hydrogens is 452 g/mol. The molecule has 0 bridgehead atoms. The SMILES string of the molecule is COc1ccc(N=C(Sc2ccc(Cl)cc2)N(Cc2ccc(O)cc2)C2CCCCC2)cc1. The number of hydrogen-bond acceptors (Lipinski definition) is 4. The molecular formula is C27H29ClN2O2S. The Bertz CT molecular complexity index is 1050. The number of benzene rings is 3. The van der Waals surface area contributed by atoms with E-state index in [1.807, 2.05) is 60.7 Å². The molecule has 0 amide bonds. The molecule has 1 fully saturated rings. The second kappa shape index (κ2) is 11.5. The zero-order valence-corrected chi connectivity index (χ0v) is 20.4. The van der Waals surface area contributed by atoms with Crippen molar-refractivity contribution in [1.29, 1.82) is 0 Å². The molecule has 3 aromatic rings. The number of amidine groups is 1. The molecule has 0 atom stereocenters. The lowest BCUT2D eigenvalue weighted by Crippen LogP contribution is -2.39. The van der Waals surface area contributed by atoms with Crippen LogP contribution in [0.3, 0.4) is 0 Å². The highest BCUT2D eigenvalue weighted by atomic mass is 35.5. The van der Waals surface area contributed by atoms with Crippen molar-refractivity contribution in [2.45, 2.75) is 49.6 Å². The average molecular weight is 481 g/mol. The molecule has 3 aromatic carbocycles. The molecule has 172 valence electrons. The van der Waals surface area contributed by atoms with Gasteiger partial charge in [0.15, 0.2) is 5.17 Å². The Hall–Kier alpha value is -2.63. The summed E-state index contributed by atoms with van der Waals surface area (Å²) in [6, 6.07) is 23.7. The minimum Gasteiger partial charge on any atom is -0.508 e. The topological polar surface area (TPSA) is 45.1 Å². The molecule has 6 heteroatoms. The zero-order valence-electron chi connectivity index (χ0n) is 18.8. The van der Waals surface area contributed by atoms with E-state index in [0.29, 0.717) is 6.04 Å². The van der Waals surface area contributed by atoms with Crippen LogP contribution in [-0.2, 0) is 6.54 Å². The smallest absolute Gasteiger partial charge is 0.169 e. The van der Waals surface area contributed by atoms with Crippen molar-refractivity contribution in [3.05, 3.63) is 83.4 Å². The van der Waals surface area contributed by atoms with Crippen molar-refractivity contribution in [2.24, 2.45) is 4.99 Å². The van der Waals surface area contributed by atoms with Crippen LogP contribution in [0, 0.1) is 0 Å². The number of methoxy groups -OCH3 is 1. The molecule has 0 radical (unpaired) electrons. The van der Waals surface area contributed by atoms with Crippen LogP contribution in [-0.4, -0.2) is 28.3 Å². The molecule has 1 saturated carbocycles. The maximum absolute atomic E-state index is 9.74. The molecule has 1 aliphatic rings. The van der Waals surface area contributed by atoms with Crippen molar-refractivity contribution in [1.82, 2.24) is 4.90 Å². The van der Waals surface area contributed by atoms with Gasteiger partial charge in [-0.05, 0) is 79.1 Å². The van der Waals surface area contributed by atoms with Gasteiger partial charge in [0.1, 0.15) is 11.5 Å². The molecule has 0 aromatic heterocycles. The quantitative estimate of drug-likeness (QED) is 0.223. The Morgan fingerprint density at radius 2 is 1.64 bits per heavy atom. The fraction of sp³-hybridized carbons (Fsp3) is 0.296. The third-order valence-corrected chi connectivity index (χ3v) is 7.14. The summed E-state index contributed by atoms with van der Waals surface area (Å²) in [5.74, 6) is 1.10. The first-order chi connectivity index (χ1) is 16.1. The van der Waals surface area contributed by atoms with Crippen LogP contribution < -0.4 is 4.74 Å². The van der Waals surface area contributed by atoms with Gasteiger partial charge in [0.2, 0.25) is 0 Å². The monoisotopic (exact) mass is 480 g/mol. The largest absolute Gasteiger partial charge is 0.508 e. The highest BCUT2D eigenvalue weighted by molar-refractivity contribution is 8.13. The molecule has 0 heterocycles. The lowest BCUT2D eigenvalue weighted by atomic mass is 9.94. The number of phenols is 1. The van der Waals surface area contributed by atoms with Crippen molar-refractivity contribution in [2.75, 3.05) is 7.11 Å². The first-order valence-electron chi connectivity index (χ1n) is 11.3. The lowest BCUT2D eigenvalue weighted by Gasteiger charge is -2.36. The molecule has 33 heavy (non-hydrogen) atoms. The van der Waals surface area contributed by atoms with Crippen LogP contribution in [0.1, 0.15) is 37.7 Å². The van der Waals surface area contributed by atoms with Gasteiger partial charge in [0, 0.05) is 22.5 Å².